The maximum atomic E-state index is 4.46. The maximum absolute atomic E-state index is 4.46. The molecule has 0 radical (unpaired) electrons. The monoisotopic (exact) mass is 325 g/mol. The van der Waals surface area contributed by atoms with E-state index in [0.29, 0.717) is 6.04 Å². The van der Waals surface area contributed by atoms with Gasteiger partial charge in [0.15, 0.2) is 0 Å². The van der Waals surface area contributed by atoms with Crippen LogP contribution in [-0.2, 0) is 6.54 Å². The minimum absolute atomic E-state index is 0.307. The second-order valence-corrected chi connectivity index (χ2v) is 6.40. The van der Waals surface area contributed by atoms with E-state index < -0.39 is 0 Å². The van der Waals surface area contributed by atoms with Gasteiger partial charge in [0.25, 0.3) is 0 Å². The number of pyridine rings is 1. The summed E-state index contributed by atoms with van der Waals surface area (Å²) < 4.78 is 1.01. The number of aryl methyl sites for hydroxylation is 2. The van der Waals surface area contributed by atoms with Crippen molar-refractivity contribution >= 4 is 27.3 Å². The number of nitrogens with zero attached hydrogens (tertiary/aromatic N) is 2. The van der Waals surface area contributed by atoms with Crippen LogP contribution in [0.4, 0.5) is 0 Å². The number of halogens is 1. The van der Waals surface area contributed by atoms with Crippen molar-refractivity contribution in [1.82, 2.24) is 15.3 Å². The van der Waals surface area contributed by atoms with Gasteiger partial charge in [-0.25, -0.2) is 4.98 Å². The molecule has 5 heteroatoms. The van der Waals surface area contributed by atoms with E-state index in [1.807, 2.05) is 25.3 Å². The Morgan fingerprint density at radius 1 is 1.39 bits per heavy atom. The summed E-state index contributed by atoms with van der Waals surface area (Å²) in [7, 11) is 0. The Kier molecular flexibility index (Phi) is 4.48. The molecule has 2 aromatic heterocycles. The fourth-order valence-electron chi connectivity index (χ4n) is 1.81. The Labute approximate surface area is 120 Å². The molecule has 0 bridgehead atoms. The van der Waals surface area contributed by atoms with Gasteiger partial charge >= 0.3 is 0 Å². The van der Waals surface area contributed by atoms with Crippen molar-refractivity contribution in [3.8, 4) is 0 Å². The minimum atomic E-state index is 0.307. The van der Waals surface area contributed by atoms with E-state index >= 15 is 0 Å². The fourth-order valence-corrected chi connectivity index (χ4v) is 3.00. The van der Waals surface area contributed by atoms with Crippen LogP contribution in [-0.4, -0.2) is 9.97 Å². The third-order valence-electron chi connectivity index (χ3n) is 2.71. The van der Waals surface area contributed by atoms with E-state index in [-0.39, 0.29) is 0 Å². The standard InChI is InChI=1S/C13H16BrN3S/c1-8(13-9(2)17-10(3)18-13)15-7-12-5-4-11(14)6-16-12/h4-6,8,15H,7H2,1-3H3. The Balaban J connectivity index is 1.98. The lowest BCUT2D eigenvalue weighted by Crippen LogP contribution is -2.18. The molecule has 0 amide bonds. The van der Waals surface area contributed by atoms with Crippen LogP contribution in [0, 0.1) is 13.8 Å². The highest BCUT2D eigenvalue weighted by Crippen LogP contribution is 2.24. The third-order valence-corrected chi connectivity index (χ3v) is 4.44. The first-order valence-corrected chi connectivity index (χ1v) is 7.45. The largest absolute Gasteiger partial charge is 0.304 e. The Morgan fingerprint density at radius 3 is 2.72 bits per heavy atom. The molecule has 0 spiro atoms. The summed E-state index contributed by atoms with van der Waals surface area (Å²) in [5.74, 6) is 0. The van der Waals surface area contributed by atoms with E-state index in [1.54, 1.807) is 11.3 Å². The van der Waals surface area contributed by atoms with Gasteiger partial charge in [-0.3, -0.25) is 4.98 Å². The van der Waals surface area contributed by atoms with E-state index in [2.05, 4.69) is 45.1 Å². The summed E-state index contributed by atoms with van der Waals surface area (Å²) in [5.41, 5.74) is 2.17. The highest BCUT2D eigenvalue weighted by molar-refractivity contribution is 9.10. The second kappa shape index (κ2) is 5.91. The molecular formula is C13H16BrN3S. The second-order valence-electron chi connectivity index (χ2n) is 4.25. The van der Waals surface area contributed by atoms with Crippen molar-refractivity contribution in [3.05, 3.63) is 44.1 Å². The molecule has 0 aliphatic carbocycles. The Morgan fingerprint density at radius 2 is 2.17 bits per heavy atom. The summed E-state index contributed by atoms with van der Waals surface area (Å²) in [6, 6.07) is 4.34. The highest BCUT2D eigenvalue weighted by atomic mass is 79.9. The molecule has 0 saturated heterocycles. The number of nitrogens with one attached hydrogen (secondary N) is 1. The Hall–Kier alpha value is -0.780. The molecule has 0 aliphatic heterocycles. The maximum Gasteiger partial charge on any atom is 0.0900 e. The van der Waals surface area contributed by atoms with Gasteiger partial charge in [-0.2, -0.15) is 0 Å². The zero-order valence-corrected chi connectivity index (χ0v) is 13.1. The summed E-state index contributed by atoms with van der Waals surface area (Å²) in [5, 5.41) is 4.60. The van der Waals surface area contributed by atoms with Crippen LogP contribution in [0.15, 0.2) is 22.8 Å². The van der Waals surface area contributed by atoms with Gasteiger partial charge in [0, 0.05) is 28.1 Å². The quantitative estimate of drug-likeness (QED) is 0.929. The van der Waals surface area contributed by atoms with Crippen molar-refractivity contribution in [3.63, 3.8) is 0 Å². The molecule has 2 heterocycles. The van der Waals surface area contributed by atoms with Gasteiger partial charge < -0.3 is 5.32 Å². The molecule has 2 aromatic rings. The molecule has 96 valence electrons. The normalized spacial score (nSPS) is 12.7. The first kappa shape index (κ1) is 13.6. The molecule has 0 aromatic carbocycles. The molecule has 18 heavy (non-hydrogen) atoms. The minimum Gasteiger partial charge on any atom is -0.304 e. The first-order valence-electron chi connectivity index (χ1n) is 5.84. The molecule has 1 atom stereocenters. The highest BCUT2D eigenvalue weighted by Gasteiger charge is 2.12. The average molecular weight is 326 g/mol. The van der Waals surface area contributed by atoms with E-state index in [4.69, 9.17) is 0 Å². The van der Waals surface area contributed by atoms with E-state index in [9.17, 15) is 0 Å². The molecule has 0 aliphatic rings. The van der Waals surface area contributed by atoms with Crippen LogP contribution >= 0.6 is 27.3 Å². The van der Waals surface area contributed by atoms with Crippen LogP contribution < -0.4 is 5.32 Å². The lowest BCUT2D eigenvalue weighted by atomic mass is 10.2. The zero-order chi connectivity index (χ0) is 13.1. The summed E-state index contributed by atoms with van der Waals surface area (Å²) in [6.45, 7) is 7.04. The number of hydrogen-bond donors (Lipinski definition) is 1. The third kappa shape index (κ3) is 3.37. The van der Waals surface area contributed by atoms with E-state index in [1.165, 1.54) is 4.88 Å². The topological polar surface area (TPSA) is 37.8 Å². The van der Waals surface area contributed by atoms with Crippen molar-refractivity contribution in [1.29, 1.82) is 0 Å². The van der Waals surface area contributed by atoms with Crippen molar-refractivity contribution in [2.45, 2.75) is 33.4 Å². The summed E-state index contributed by atoms with van der Waals surface area (Å²) in [6.07, 6.45) is 1.82. The predicted octanol–water partition coefficient (Wildman–Crippen LogP) is 3.77. The van der Waals surface area contributed by atoms with Crippen molar-refractivity contribution in [2.75, 3.05) is 0 Å². The molecule has 1 unspecified atom stereocenters. The smallest absolute Gasteiger partial charge is 0.0900 e. The fraction of sp³-hybridized carbons (Fsp3) is 0.385. The zero-order valence-electron chi connectivity index (χ0n) is 10.7. The van der Waals surface area contributed by atoms with E-state index in [0.717, 1.165) is 27.4 Å². The van der Waals surface area contributed by atoms with Gasteiger partial charge in [-0.1, -0.05) is 0 Å². The molecule has 0 saturated carbocycles. The molecule has 1 N–H and O–H groups in total. The van der Waals surface area contributed by atoms with Crippen molar-refractivity contribution < 1.29 is 0 Å². The summed E-state index contributed by atoms with van der Waals surface area (Å²) >= 11 is 5.14. The number of hydrogen-bond acceptors (Lipinski definition) is 4. The van der Waals surface area contributed by atoms with Crippen LogP contribution in [0.1, 0.15) is 34.2 Å². The average Bonchev–Trinajstić information content (AvgIpc) is 2.67. The van der Waals surface area contributed by atoms with Crippen molar-refractivity contribution in [2.24, 2.45) is 0 Å². The van der Waals surface area contributed by atoms with Gasteiger partial charge in [-0.05, 0) is 48.8 Å². The first-order chi connectivity index (χ1) is 8.56. The lowest BCUT2D eigenvalue weighted by Gasteiger charge is -2.12. The van der Waals surface area contributed by atoms with Crippen LogP contribution in [0.5, 0.6) is 0 Å². The van der Waals surface area contributed by atoms with Gasteiger partial charge in [-0.15, -0.1) is 11.3 Å². The SMILES string of the molecule is Cc1nc(C)c(C(C)NCc2ccc(Br)cn2)s1. The van der Waals surface area contributed by atoms with Crippen LogP contribution in [0.3, 0.4) is 0 Å². The number of rotatable bonds is 4. The van der Waals surface area contributed by atoms with Crippen LogP contribution in [0.25, 0.3) is 0 Å². The molecule has 2 rings (SSSR count). The molecular weight excluding hydrogens is 310 g/mol. The molecule has 0 fully saturated rings. The van der Waals surface area contributed by atoms with Gasteiger partial charge in [0.05, 0.1) is 16.4 Å². The Bertz CT molecular complexity index is 522. The summed E-state index contributed by atoms with van der Waals surface area (Å²) in [4.78, 5) is 10.1. The molecule has 3 nitrogen and oxygen atoms in total. The predicted molar refractivity (Wildman–Crippen MR) is 78.8 cm³/mol. The number of thiazole rings is 1. The van der Waals surface area contributed by atoms with Crippen LogP contribution in [0.2, 0.25) is 0 Å². The van der Waals surface area contributed by atoms with Gasteiger partial charge in [0.2, 0.25) is 0 Å². The lowest BCUT2D eigenvalue weighted by molar-refractivity contribution is 0.572. The van der Waals surface area contributed by atoms with Gasteiger partial charge in [0.1, 0.15) is 0 Å². The number of aromatic nitrogens is 2.